The predicted molar refractivity (Wildman–Crippen MR) is 218 cm³/mol. The number of carbonyl (C=O) groups excluding carboxylic acids is 3. The van der Waals surface area contributed by atoms with Crippen molar-refractivity contribution < 1.29 is 28.6 Å². The van der Waals surface area contributed by atoms with Crippen molar-refractivity contribution in [2.24, 2.45) is 0 Å². The highest BCUT2D eigenvalue weighted by Gasteiger charge is 2.37. The maximum atomic E-state index is 13.6. The molecule has 0 aliphatic carbocycles. The van der Waals surface area contributed by atoms with Gasteiger partial charge in [-0.25, -0.2) is 39.0 Å². The Labute approximate surface area is 340 Å². The lowest BCUT2D eigenvalue weighted by atomic mass is 10.0. The first-order valence-electron chi connectivity index (χ1n) is 19.0. The highest BCUT2D eigenvalue weighted by atomic mass is 16.6. The monoisotopic (exact) mass is 799 g/mol. The van der Waals surface area contributed by atoms with Crippen LogP contribution >= 0.6 is 0 Å². The number of anilines is 4. The van der Waals surface area contributed by atoms with Crippen molar-refractivity contribution in [1.29, 1.82) is 0 Å². The van der Waals surface area contributed by atoms with Gasteiger partial charge in [0.2, 0.25) is 11.9 Å². The van der Waals surface area contributed by atoms with E-state index >= 15 is 0 Å². The number of carbonyl (C=O) groups is 3. The maximum Gasteiger partial charge on any atom is 0.412 e. The van der Waals surface area contributed by atoms with Crippen molar-refractivity contribution in [3.8, 4) is 22.5 Å². The van der Waals surface area contributed by atoms with Crippen LogP contribution in [0.4, 0.5) is 28.1 Å². The van der Waals surface area contributed by atoms with Gasteiger partial charge in [0, 0.05) is 42.7 Å². The average molecular weight is 800 g/mol. The SMILES string of the molecule is COC(=O)c1ccc(-c2nc(Nc3cnn(C4CCN(C(=O)OC(C)(C)C)C(n5cc(Nc6ncc(C)c(-c7ccc(C(=O)OC)cc7)n6)cn5)C4)c3)ncc2C)cc1. The van der Waals surface area contributed by atoms with Crippen LogP contribution in [0, 0.1) is 13.8 Å². The minimum absolute atomic E-state index is 0.0915. The molecule has 0 bridgehead atoms. The zero-order valence-corrected chi connectivity index (χ0v) is 33.8. The van der Waals surface area contributed by atoms with Gasteiger partial charge in [-0.1, -0.05) is 24.3 Å². The third kappa shape index (κ3) is 9.19. The molecule has 17 nitrogen and oxygen atoms in total. The lowest BCUT2D eigenvalue weighted by Crippen LogP contribution is -2.46. The molecule has 1 fully saturated rings. The molecule has 2 atom stereocenters. The predicted octanol–water partition coefficient (Wildman–Crippen LogP) is 7.44. The van der Waals surface area contributed by atoms with Gasteiger partial charge in [-0.3, -0.25) is 9.58 Å². The minimum Gasteiger partial charge on any atom is -0.465 e. The summed E-state index contributed by atoms with van der Waals surface area (Å²) in [4.78, 5) is 57.6. The van der Waals surface area contributed by atoms with E-state index in [4.69, 9.17) is 24.2 Å². The molecular weight excluding hydrogens is 755 g/mol. The number of nitrogens with zero attached hydrogens (tertiary/aromatic N) is 9. The van der Waals surface area contributed by atoms with E-state index in [1.807, 2.05) is 76.0 Å². The van der Waals surface area contributed by atoms with E-state index in [1.165, 1.54) is 14.2 Å². The molecule has 0 saturated carbocycles. The van der Waals surface area contributed by atoms with Crippen LogP contribution in [0.2, 0.25) is 0 Å². The van der Waals surface area contributed by atoms with E-state index in [9.17, 15) is 14.4 Å². The van der Waals surface area contributed by atoms with Crippen LogP contribution < -0.4 is 10.6 Å². The Kier molecular flexibility index (Phi) is 11.4. The smallest absolute Gasteiger partial charge is 0.412 e. The third-order valence-electron chi connectivity index (χ3n) is 9.67. The van der Waals surface area contributed by atoms with Crippen molar-refractivity contribution in [3.05, 3.63) is 108 Å². The van der Waals surface area contributed by atoms with E-state index in [0.29, 0.717) is 59.5 Å². The molecule has 2 aromatic carbocycles. The highest BCUT2D eigenvalue weighted by Crippen LogP contribution is 2.35. The third-order valence-corrected chi connectivity index (χ3v) is 9.67. The molecule has 17 heteroatoms. The molecule has 59 heavy (non-hydrogen) atoms. The Bertz CT molecular complexity index is 2470. The van der Waals surface area contributed by atoms with Crippen molar-refractivity contribution in [2.45, 2.75) is 65.3 Å². The van der Waals surface area contributed by atoms with Gasteiger partial charge in [-0.05, 0) is 76.4 Å². The number of ether oxygens (including phenoxy) is 3. The minimum atomic E-state index is -0.692. The number of likely N-dealkylation sites (tertiary alicyclic amines) is 1. The van der Waals surface area contributed by atoms with Gasteiger partial charge in [0.1, 0.15) is 11.8 Å². The molecule has 1 saturated heterocycles. The highest BCUT2D eigenvalue weighted by molar-refractivity contribution is 5.90. The second-order valence-electron chi connectivity index (χ2n) is 15.1. The number of methoxy groups -OCH3 is 2. The summed E-state index contributed by atoms with van der Waals surface area (Å²) in [6, 6.07) is 14.0. The number of nitrogens with one attached hydrogen (secondary N) is 2. The van der Waals surface area contributed by atoms with Crippen LogP contribution in [0.5, 0.6) is 0 Å². The molecule has 0 spiro atoms. The van der Waals surface area contributed by atoms with Crippen LogP contribution in [0.25, 0.3) is 22.5 Å². The van der Waals surface area contributed by atoms with Crippen molar-refractivity contribution in [3.63, 3.8) is 0 Å². The van der Waals surface area contributed by atoms with Crippen LogP contribution in [-0.2, 0) is 14.2 Å². The van der Waals surface area contributed by atoms with E-state index in [-0.39, 0.29) is 6.04 Å². The molecule has 1 amide bonds. The number of benzene rings is 2. The van der Waals surface area contributed by atoms with Crippen molar-refractivity contribution in [2.75, 3.05) is 31.4 Å². The lowest BCUT2D eigenvalue weighted by Gasteiger charge is -2.39. The fourth-order valence-electron chi connectivity index (χ4n) is 6.73. The Morgan fingerprint density at radius 2 is 1.17 bits per heavy atom. The maximum absolute atomic E-state index is 13.6. The molecule has 0 radical (unpaired) electrons. The molecule has 1 aliphatic heterocycles. The van der Waals surface area contributed by atoms with Crippen LogP contribution in [0.3, 0.4) is 0 Å². The number of amides is 1. The molecule has 1 aliphatic rings. The second kappa shape index (κ2) is 16.7. The van der Waals surface area contributed by atoms with Gasteiger partial charge in [-0.15, -0.1) is 0 Å². The quantitative estimate of drug-likeness (QED) is 0.103. The van der Waals surface area contributed by atoms with Gasteiger partial charge >= 0.3 is 18.0 Å². The molecule has 2 unspecified atom stereocenters. The second-order valence-corrected chi connectivity index (χ2v) is 15.1. The van der Waals surface area contributed by atoms with Gasteiger partial charge in [-0.2, -0.15) is 10.2 Å². The summed E-state index contributed by atoms with van der Waals surface area (Å²) in [5, 5.41) is 15.9. The molecule has 7 rings (SSSR count). The van der Waals surface area contributed by atoms with Gasteiger partial charge < -0.3 is 24.8 Å². The Morgan fingerprint density at radius 1 is 0.695 bits per heavy atom. The van der Waals surface area contributed by atoms with E-state index in [2.05, 4.69) is 30.8 Å². The summed E-state index contributed by atoms with van der Waals surface area (Å²) < 4.78 is 19.1. The Morgan fingerprint density at radius 3 is 1.64 bits per heavy atom. The van der Waals surface area contributed by atoms with Crippen LogP contribution in [0.1, 0.15) is 77.7 Å². The molecule has 4 aromatic heterocycles. The summed E-state index contributed by atoms with van der Waals surface area (Å²) in [6.45, 7) is 9.75. The summed E-state index contributed by atoms with van der Waals surface area (Å²) in [6.07, 6.45) is 10.7. The first kappa shape index (κ1) is 40.0. The summed E-state index contributed by atoms with van der Waals surface area (Å²) in [5.74, 6) is -0.0831. The molecule has 2 N–H and O–H groups in total. The largest absolute Gasteiger partial charge is 0.465 e. The number of rotatable bonds is 10. The standard InChI is InChI=1S/C42H45N11O6/c1-25-19-43-39(49-35(25)27-8-12-29(13-9-27)37(54)57-6)47-31-21-45-52(23-31)33-16-17-51(41(56)59-42(3,4)5)34(18-33)53-24-32(22-46-53)48-40-44-20-26(2)36(50-40)28-10-14-30(15-11-28)38(55)58-7/h8-15,19-24,33-34H,16-18H2,1-7H3,(H,43,47,49)(H,44,48,50). The first-order chi connectivity index (χ1) is 28.3. The van der Waals surface area contributed by atoms with Crippen LogP contribution in [-0.4, -0.2) is 88.8 Å². The van der Waals surface area contributed by atoms with Gasteiger partial charge in [0.25, 0.3) is 0 Å². The zero-order chi connectivity index (χ0) is 41.8. The topological polar surface area (TPSA) is 193 Å². The fourth-order valence-corrected chi connectivity index (χ4v) is 6.73. The number of hydrogen-bond donors (Lipinski definition) is 2. The number of aromatic nitrogens is 8. The summed E-state index contributed by atoms with van der Waals surface area (Å²) in [5.41, 5.74) is 6.30. The number of hydrogen-bond acceptors (Lipinski definition) is 14. The molecular formula is C42H45N11O6. The van der Waals surface area contributed by atoms with E-state index in [0.717, 1.165) is 27.9 Å². The Hall–Kier alpha value is -7.17. The molecule has 6 aromatic rings. The van der Waals surface area contributed by atoms with Crippen molar-refractivity contribution in [1.82, 2.24) is 44.4 Å². The summed E-state index contributed by atoms with van der Waals surface area (Å²) >= 11 is 0. The molecule has 304 valence electrons. The first-order valence-corrected chi connectivity index (χ1v) is 19.0. The lowest BCUT2D eigenvalue weighted by molar-refractivity contribution is -0.0108. The number of piperidine rings is 1. The van der Waals surface area contributed by atoms with Crippen LogP contribution in [0.15, 0.2) is 85.7 Å². The summed E-state index contributed by atoms with van der Waals surface area (Å²) in [7, 11) is 2.69. The fraction of sp³-hybridized carbons (Fsp3) is 0.310. The van der Waals surface area contributed by atoms with Gasteiger partial charge in [0.15, 0.2) is 0 Å². The van der Waals surface area contributed by atoms with E-state index < -0.39 is 29.8 Å². The zero-order valence-electron chi connectivity index (χ0n) is 33.8. The van der Waals surface area contributed by atoms with Crippen molar-refractivity contribution >= 4 is 41.3 Å². The normalized spacial score (nSPS) is 15.3. The molecule has 5 heterocycles. The number of esters is 2. The Balaban J connectivity index is 1.08. The van der Waals surface area contributed by atoms with E-state index in [1.54, 1.807) is 58.6 Å². The average Bonchev–Trinajstić information content (AvgIpc) is 3.91. The van der Waals surface area contributed by atoms with Gasteiger partial charge in [0.05, 0.1) is 72.7 Å². The number of aryl methyl sites for hydroxylation is 2.